The van der Waals surface area contributed by atoms with Gasteiger partial charge in [-0.15, -0.1) is 0 Å². The molecule has 0 atom stereocenters. The maximum atomic E-state index is 9.22. The molecule has 1 fully saturated rings. The zero-order valence-corrected chi connectivity index (χ0v) is 10.2. The molecule has 0 N–H and O–H groups in total. The SMILES string of the molecule is COS(=O)(=O)[O-].C[N+]1(CC#N)CCOCC1. The fourth-order valence-corrected chi connectivity index (χ4v) is 1.11. The van der Waals surface area contributed by atoms with Gasteiger partial charge >= 0.3 is 0 Å². The third kappa shape index (κ3) is 7.56. The van der Waals surface area contributed by atoms with E-state index in [9.17, 15) is 13.0 Å². The minimum atomic E-state index is -4.41. The van der Waals surface area contributed by atoms with Crippen LogP contribution < -0.4 is 0 Å². The van der Waals surface area contributed by atoms with E-state index in [0.29, 0.717) is 6.54 Å². The third-order valence-corrected chi connectivity index (χ3v) is 2.62. The van der Waals surface area contributed by atoms with Gasteiger partial charge in [-0.05, 0) is 0 Å². The molecule has 1 aliphatic rings. The molecule has 16 heavy (non-hydrogen) atoms. The van der Waals surface area contributed by atoms with E-state index >= 15 is 0 Å². The van der Waals surface area contributed by atoms with Gasteiger partial charge < -0.3 is 13.8 Å². The van der Waals surface area contributed by atoms with Crippen molar-refractivity contribution in [3.63, 3.8) is 0 Å². The fraction of sp³-hybridized carbons (Fsp3) is 0.875. The Morgan fingerprint density at radius 1 is 1.50 bits per heavy atom. The number of nitrogens with zero attached hydrogens (tertiary/aromatic N) is 2. The van der Waals surface area contributed by atoms with Crippen molar-refractivity contribution in [3.8, 4) is 6.07 Å². The van der Waals surface area contributed by atoms with Crippen LogP contribution in [0.3, 0.4) is 0 Å². The van der Waals surface area contributed by atoms with Gasteiger partial charge in [-0.1, -0.05) is 0 Å². The molecule has 0 aliphatic carbocycles. The standard InChI is InChI=1S/C7H13N2O.CH4O4S/c1-9(3-2-8)4-6-10-7-5-9;1-5-6(2,3)4/h3-7H2,1H3;1H3,(H,2,3,4)/q+1;/p-1. The Balaban J connectivity index is 0.000000325. The second-order valence-electron chi connectivity index (χ2n) is 3.57. The van der Waals surface area contributed by atoms with Crippen molar-refractivity contribution in [2.75, 3.05) is 47.0 Å². The summed E-state index contributed by atoms with van der Waals surface area (Å²) in [5, 5.41) is 8.48. The van der Waals surface area contributed by atoms with Crippen molar-refractivity contribution >= 4 is 10.4 Å². The predicted molar refractivity (Wildman–Crippen MR) is 53.9 cm³/mol. The highest BCUT2D eigenvalue weighted by molar-refractivity contribution is 7.80. The summed E-state index contributed by atoms with van der Waals surface area (Å²) in [5.74, 6) is 0. The summed E-state index contributed by atoms with van der Waals surface area (Å²) < 4.78 is 37.1. The van der Waals surface area contributed by atoms with E-state index in [1.54, 1.807) is 0 Å². The quantitative estimate of drug-likeness (QED) is 0.273. The predicted octanol–water partition coefficient (Wildman–Crippen LogP) is -0.920. The molecular formula is C8H16N2O5S. The number of rotatable bonds is 2. The molecule has 7 nitrogen and oxygen atoms in total. The van der Waals surface area contributed by atoms with Crippen LogP contribution in [-0.2, 0) is 19.3 Å². The first-order chi connectivity index (χ1) is 7.33. The Kier molecular flexibility index (Phi) is 6.47. The van der Waals surface area contributed by atoms with Gasteiger partial charge in [-0.3, -0.25) is 4.18 Å². The average Bonchev–Trinajstić information content (AvgIpc) is 2.18. The van der Waals surface area contributed by atoms with Crippen LogP contribution in [0.5, 0.6) is 0 Å². The second kappa shape index (κ2) is 6.78. The summed E-state index contributed by atoms with van der Waals surface area (Å²) in [4.78, 5) is 0. The maximum absolute atomic E-state index is 9.22. The number of ether oxygens (including phenoxy) is 1. The van der Waals surface area contributed by atoms with Crippen LogP contribution in [0.15, 0.2) is 0 Å². The highest BCUT2D eigenvalue weighted by Gasteiger charge is 2.24. The highest BCUT2D eigenvalue weighted by Crippen LogP contribution is 2.05. The summed E-state index contributed by atoms with van der Waals surface area (Å²) in [6.07, 6.45) is 0. The average molecular weight is 252 g/mol. The van der Waals surface area contributed by atoms with Gasteiger partial charge in [0.1, 0.15) is 19.2 Å². The minimum Gasteiger partial charge on any atom is -0.726 e. The monoisotopic (exact) mass is 252 g/mol. The van der Waals surface area contributed by atoms with E-state index in [1.807, 2.05) is 0 Å². The Morgan fingerprint density at radius 3 is 2.25 bits per heavy atom. The summed E-state index contributed by atoms with van der Waals surface area (Å²) in [7, 11) is -1.50. The lowest BCUT2D eigenvalue weighted by molar-refractivity contribution is -0.910. The van der Waals surface area contributed by atoms with Crippen molar-refractivity contribution in [3.05, 3.63) is 0 Å². The molecule has 0 spiro atoms. The lowest BCUT2D eigenvalue weighted by Gasteiger charge is -2.35. The molecule has 1 heterocycles. The Labute approximate surface area is 95.7 Å². The zero-order chi connectivity index (χ0) is 12.7. The maximum Gasteiger partial charge on any atom is 0.217 e. The first-order valence-corrected chi connectivity index (χ1v) is 5.96. The molecule has 8 heteroatoms. The number of morpholine rings is 1. The molecule has 0 unspecified atom stereocenters. The molecule has 0 aromatic rings. The molecule has 0 bridgehead atoms. The molecule has 94 valence electrons. The van der Waals surface area contributed by atoms with Crippen molar-refractivity contribution in [2.24, 2.45) is 0 Å². The summed E-state index contributed by atoms with van der Waals surface area (Å²) in [6, 6.07) is 2.19. The smallest absolute Gasteiger partial charge is 0.217 e. The minimum absolute atomic E-state index is 0.614. The van der Waals surface area contributed by atoms with E-state index < -0.39 is 10.4 Å². The van der Waals surface area contributed by atoms with Gasteiger partial charge in [0.15, 0.2) is 6.54 Å². The molecule has 0 aromatic carbocycles. The van der Waals surface area contributed by atoms with Gasteiger partial charge in [0.05, 0.1) is 27.4 Å². The van der Waals surface area contributed by atoms with Crippen LogP contribution >= 0.6 is 0 Å². The number of quaternary nitrogens is 1. The van der Waals surface area contributed by atoms with Gasteiger partial charge in [-0.2, -0.15) is 5.26 Å². The summed E-state index contributed by atoms with van der Waals surface area (Å²) >= 11 is 0. The van der Waals surface area contributed by atoms with Crippen molar-refractivity contribution in [1.82, 2.24) is 0 Å². The van der Waals surface area contributed by atoms with Gasteiger partial charge in [0, 0.05) is 0 Å². The van der Waals surface area contributed by atoms with Gasteiger partial charge in [-0.25, -0.2) is 8.42 Å². The molecule has 1 rings (SSSR count). The van der Waals surface area contributed by atoms with Gasteiger partial charge in [0.2, 0.25) is 10.4 Å². The van der Waals surface area contributed by atoms with Gasteiger partial charge in [0.25, 0.3) is 0 Å². The third-order valence-electron chi connectivity index (χ3n) is 2.21. The topological polar surface area (TPSA) is 99.5 Å². The first kappa shape index (κ1) is 15.3. The van der Waals surface area contributed by atoms with E-state index in [-0.39, 0.29) is 0 Å². The first-order valence-electron chi connectivity index (χ1n) is 4.63. The fourth-order valence-electron chi connectivity index (χ4n) is 1.11. The normalized spacial score (nSPS) is 19.1. The van der Waals surface area contributed by atoms with Crippen LogP contribution in [0.1, 0.15) is 0 Å². The number of nitriles is 1. The van der Waals surface area contributed by atoms with Crippen LogP contribution in [0.2, 0.25) is 0 Å². The zero-order valence-electron chi connectivity index (χ0n) is 9.38. The molecule has 0 saturated carbocycles. The van der Waals surface area contributed by atoms with Crippen LogP contribution in [0.4, 0.5) is 0 Å². The Bertz CT molecular complexity index is 329. The Hall–Kier alpha value is -0.720. The number of likely N-dealkylation sites (N-methyl/N-ethyl adjacent to an activating group) is 1. The van der Waals surface area contributed by atoms with Crippen molar-refractivity contribution in [2.45, 2.75) is 0 Å². The summed E-state index contributed by atoms with van der Waals surface area (Å²) in [6.45, 7) is 4.18. The van der Waals surface area contributed by atoms with Crippen LogP contribution in [0, 0.1) is 11.3 Å². The molecule has 0 aromatic heterocycles. The lowest BCUT2D eigenvalue weighted by atomic mass is 10.3. The highest BCUT2D eigenvalue weighted by atomic mass is 32.3. The van der Waals surface area contributed by atoms with Crippen molar-refractivity contribution < 1.29 is 26.4 Å². The van der Waals surface area contributed by atoms with E-state index in [4.69, 9.17) is 10.00 Å². The molecule has 0 radical (unpaired) electrons. The van der Waals surface area contributed by atoms with Crippen molar-refractivity contribution in [1.29, 1.82) is 5.26 Å². The molecule has 0 amide bonds. The van der Waals surface area contributed by atoms with Crippen LogP contribution in [-0.4, -0.2) is 64.5 Å². The van der Waals surface area contributed by atoms with E-state index in [1.165, 1.54) is 0 Å². The molecule has 1 saturated heterocycles. The molecular weight excluding hydrogens is 236 g/mol. The Morgan fingerprint density at radius 2 is 1.94 bits per heavy atom. The number of hydrogen-bond acceptors (Lipinski definition) is 6. The van der Waals surface area contributed by atoms with Crippen LogP contribution in [0.25, 0.3) is 0 Å². The van der Waals surface area contributed by atoms with E-state index in [2.05, 4.69) is 17.3 Å². The molecule has 1 aliphatic heterocycles. The largest absolute Gasteiger partial charge is 0.726 e. The second-order valence-corrected chi connectivity index (χ2v) is 4.72. The summed E-state index contributed by atoms with van der Waals surface area (Å²) in [5.41, 5.74) is 0. The lowest BCUT2D eigenvalue weighted by Crippen LogP contribution is -2.51. The number of hydrogen-bond donors (Lipinski definition) is 0. The van der Waals surface area contributed by atoms with E-state index in [0.717, 1.165) is 37.9 Å².